The minimum atomic E-state index is -0.480. The van der Waals surface area contributed by atoms with Gasteiger partial charge in [-0.2, -0.15) is 0 Å². The third-order valence-electron chi connectivity index (χ3n) is 2.35. The van der Waals surface area contributed by atoms with Crippen molar-refractivity contribution in [2.45, 2.75) is 26.4 Å². The molecule has 0 radical (unpaired) electrons. The maximum absolute atomic E-state index is 11.9. The van der Waals surface area contributed by atoms with Gasteiger partial charge in [0.1, 0.15) is 5.60 Å². The summed E-state index contributed by atoms with van der Waals surface area (Å²) in [5.41, 5.74) is 0.946. The van der Waals surface area contributed by atoms with Crippen molar-refractivity contribution >= 4 is 16.9 Å². The molecule has 1 heterocycles. The Hall–Kier alpha value is -1.97. The summed E-state index contributed by atoms with van der Waals surface area (Å²) in [4.78, 5) is 11.9. The van der Waals surface area contributed by atoms with Crippen molar-refractivity contribution in [3.05, 3.63) is 36.0 Å². The van der Waals surface area contributed by atoms with E-state index in [-0.39, 0.29) is 5.97 Å². The SMILES string of the molecule is CC(C)(C)OC(=O)c1ccc2c(ccn2N)c1. The number of benzene rings is 1. The number of nitrogens with two attached hydrogens (primary N) is 1. The molecule has 4 nitrogen and oxygen atoms in total. The Balaban J connectivity index is 2.33. The summed E-state index contributed by atoms with van der Waals surface area (Å²) in [5.74, 6) is 5.39. The lowest BCUT2D eigenvalue weighted by Gasteiger charge is -2.19. The Bertz CT molecular complexity index is 564. The lowest BCUT2D eigenvalue weighted by Crippen LogP contribution is -2.23. The van der Waals surface area contributed by atoms with Crippen LogP contribution in [0.2, 0.25) is 0 Å². The van der Waals surface area contributed by atoms with Crippen molar-refractivity contribution in [2.24, 2.45) is 0 Å². The number of rotatable bonds is 1. The van der Waals surface area contributed by atoms with Gasteiger partial charge in [0.15, 0.2) is 0 Å². The summed E-state index contributed by atoms with van der Waals surface area (Å²) >= 11 is 0. The lowest BCUT2D eigenvalue weighted by atomic mass is 10.1. The van der Waals surface area contributed by atoms with Gasteiger partial charge >= 0.3 is 5.97 Å². The number of hydrogen-bond donors (Lipinski definition) is 1. The van der Waals surface area contributed by atoms with E-state index in [0.29, 0.717) is 5.56 Å². The predicted molar refractivity (Wildman–Crippen MR) is 67.3 cm³/mol. The number of aromatic nitrogens is 1. The standard InChI is InChI=1S/C13H16N2O2/c1-13(2,3)17-12(16)10-4-5-11-9(8-10)6-7-15(11)14/h4-8H,14H2,1-3H3. The van der Waals surface area contributed by atoms with Crippen LogP contribution in [0, 0.1) is 0 Å². The fraction of sp³-hybridized carbons (Fsp3) is 0.308. The molecule has 2 N–H and O–H groups in total. The molecule has 1 aromatic heterocycles. The molecule has 0 aliphatic heterocycles. The topological polar surface area (TPSA) is 57.2 Å². The molecule has 90 valence electrons. The number of carbonyl (C=O) groups excluding carboxylic acids is 1. The minimum absolute atomic E-state index is 0.316. The second-order valence-corrected chi connectivity index (χ2v) is 5.00. The molecule has 0 fully saturated rings. The van der Waals surface area contributed by atoms with E-state index in [0.717, 1.165) is 10.9 Å². The molecular weight excluding hydrogens is 216 g/mol. The van der Waals surface area contributed by atoms with Crippen molar-refractivity contribution in [2.75, 3.05) is 5.84 Å². The van der Waals surface area contributed by atoms with E-state index in [9.17, 15) is 4.79 Å². The number of esters is 1. The maximum Gasteiger partial charge on any atom is 0.338 e. The van der Waals surface area contributed by atoms with Crippen LogP contribution < -0.4 is 5.84 Å². The summed E-state index contributed by atoms with van der Waals surface area (Å²) in [6.45, 7) is 5.54. The molecule has 0 saturated heterocycles. The van der Waals surface area contributed by atoms with E-state index in [1.165, 1.54) is 4.68 Å². The third-order valence-corrected chi connectivity index (χ3v) is 2.35. The highest BCUT2D eigenvalue weighted by molar-refractivity contribution is 5.95. The quantitative estimate of drug-likeness (QED) is 0.606. The molecule has 0 aliphatic rings. The first-order valence-corrected chi connectivity index (χ1v) is 5.46. The number of carbonyl (C=O) groups is 1. The van der Waals surface area contributed by atoms with Crippen LogP contribution in [-0.2, 0) is 4.74 Å². The first kappa shape index (κ1) is 11.5. The Morgan fingerprint density at radius 3 is 2.65 bits per heavy atom. The number of nitrogens with zero attached hydrogens (tertiary/aromatic N) is 1. The molecule has 4 heteroatoms. The van der Waals surface area contributed by atoms with Crippen LogP contribution in [0.1, 0.15) is 31.1 Å². The van der Waals surface area contributed by atoms with Crippen molar-refractivity contribution in [3.63, 3.8) is 0 Å². The molecule has 17 heavy (non-hydrogen) atoms. The smallest absolute Gasteiger partial charge is 0.338 e. The summed E-state index contributed by atoms with van der Waals surface area (Å²) in [6, 6.07) is 7.18. The van der Waals surface area contributed by atoms with E-state index in [2.05, 4.69) is 0 Å². The summed E-state index contributed by atoms with van der Waals surface area (Å²) in [7, 11) is 0. The van der Waals surface area contributed by atoms with Crippen LogP contribution in [0.15, 0.2) is 30.5 Å². The van der Waals surface area contributed by atoms with Gasteiger partial charge in [-0.15, -0.1) is 0 Å². The van der Waals surface area contributed by atoms with Gasteiger partial charge < -0.3 is 10.6 Å². The average Bonchev–Trinajstić information content (AvgIpc) is 2.57. The van der Waals surface area contributed by atoms with Crippen LogP contribution in [-0.4, -0.2) is 16.2 Å². The number of ether oxygens (including phenoxy) is 1. The Kier molecular flexibility index (Phi) is 2.58. The molecular formula is C13H16N2O2. The third kappa shape index (κ3) is 2.41. The molecule has 0 spiro atoms. The van der Waals surface area contributed by atoms with E-state index >= 15 is 0 Å². The first-order valence-electron chi connectivity index (χ1n) is 5.46. The zero-order valence-corrected chi connectivity index (χ0v) is 10.2. The molecule has 0 saturated carbocycles. The van der Waals surface area contributed by atoms with Gasteiger partial charge in [-0.25, -0.2) is 4.79 Å². The zero-order chi connectivity index (χ0) is 12.6. The van der Waals surface area contributed by atoms with Gasteiger partial charge in [-0.1, -0.05) is 0 Å². The molecule has 2 aromatic rings. The molecule has 0 bridgehead atoms. The van der Waals surface area contributed by atoms with Crippen LogP contribution in [0.4, 0.5) is 0 Å². The average molecular weight is 232 g/mol. The van der Waals surface area contributed by atoms with Crippen molar-refractivity contribution in [1.29, 1.82) is 0 Å². The highest BCUT2D eigenvalue weighted by Crippen LogP contribution is 2.18. The first-order chi connectivity index (χ1) is 7.87. The number of fused-ring (bicyclic) bond motifs is 1. The normalized spacial score (nSPS) is 11.7. The lowest BCUT2D eigenvalue weighted by molar-refractivity contribution is 0.00697. The fourth-order valence-corrected chi connectivity index (χ4v) is 1.63. The Morgan fingerprint density at radius 2 is 2.00 bits per heavy atom. The predicted octanol–water partition coefficient (Wildman–Crippen LogP) is 2.31. The monoisotopic (exact) mass is 232 g/mol. The van der Waals surface area contributed by atoms with Crippen molar-refractivity contribution in [3.8, 4) is 0 Å². The maximum atomic E-state index is 11.9. The summed E-state index contributed by atoms with van der Waals surface area (Å²) in [6.07, 6.45) is 1.75. The molecule has 0 amide bonds. The number of hydrogen-bond acceptors (Lipinski definition) is 3. The highest BCUT2D eigenvalue weighted by Gasteiger charge is 2.18. The molecule has 0 aliphatic carbocycles. The largest absolute Gasteiger partial charge is 0.456 e. The Morgan fingerprint density at radius 1 is 1.29 bits per heavy atom. The van der Waals surface area contributed by atoms with Gasteiger partial charge in [-0.05, 0) is 45.0 Å². The van der Waals surface area contributed by atoms with Gasteiger partial charge in [0.05, 0.1) is 11.1 Å². The van der Waals surface area contributed by atoms with Crippen LogP contribution in [0.25, 0.3) is 10.9 Å². The molecule has 0 unspecified atom stereocenters. The van der Waals surface area contributed by atoms with Gasteiger partial charge in [0, 0.05) is 11.6 Å². The van der Waals surface area contributed by atoms with Crippen LogP contribution >= 0.6 is 0 Å². The minimum Gasteiger partial charge on any atom is -0.456 e. The van der Waals surface area contributed by atoms with Crippen LogP contribution in [0.5, 0.6) is 0 Å². The van der Waals surface area contributed by atoms with Gasteiger partial charge in [0.25, 0.3) is 0 Å². The van der Waals surface area contributed by atoms with E-state index in [4.69, 9.17) is 10.6 Å². The molecule has 2 rings (SSSR count). The van der Waals surface area contributed by atoms with Gasteiger partial charge in [-0.3, -0.25) is 4.68 Å². The van der Waals surface area contributed by atoms with Gasteiger partial charge in [0.2, 0.25) is 0 Å². The van der Waals surface area contributed by atoms with E-state index < -0.39 is 5.60 Å². The molecule has 0 atom stereocenters. The molecule has 1 aromatic carbocycles. The van der Waals surface area contributed by atoms with Crippen molar-refractivity contribution in [1.82, 2.24) is 4.68 Å². The van der Waals surface area contributed by atoms with E-state index in [1.54, 1.807) is 18.3 Å². The van der Waals surface area contributed by atoms with Crippen LogP contribution in [0.3, 0.4) is 0 Å². The second-order valence-electron chi connectivity index (χ2n) is 5.00. The summed E-state index contributed by atoms with van der Waals surface area (Å²) in [5, 5.41) is 0.927. The zero-order valence-electron chi connectivity index (χ0n) is 10.2. The highest BCUT2D eigenvalue weighted by atomic mass is 16.6. The number of nitrogen functional groups attached to an aromatic ring is 1. The Labute approximate surface area is 99.9 Å². The fourth-order valence-electron chi connectivity index (χ4n) is 1.63. The van der Waals surface area contributed by atoms with Crippen molar-refractivity contribution < 1.29 is 9.53 Å². The van der Waals surface area contributed by atoms with E-state index in [1.807, 2.05) is 32.9 Å². The second kappa shape index (κ2) is 3.80. The summed E-state index contributed by atoms with van der Waals surface area (Å²) < 4.78 is 6.82.